The van der Waals surface area contributed by atoms with Crippen LogP contribution in [0.1, 0.15) is 11.1 Å². The molecule has 0 spiro atoms. The number of nitrogens with two attached hydrogens (primary N) is 1. The van der Waals surface area contributed by atoms with Crippen LogP contribution in [-0.4, -0.2) is 12.5 Å². The summed E-state index contributed by atoms with van der Waals surface area (Å²) >= 11 is 5.81. The summed E-state index contributed by atoms with van der Waals surface area (Å²) in [6, 6.07) is 10.6. The standard InChI is InChI=1S/C16H17ClN2O2/c1-10-4-3-5-15(11(10)2)21-9-16(20)19-14-7-6-12(17)8-13(14)18/h3-8H,9,18H2,1-2H3,(H,19,20). The minimum Gasteiger partial charge on any atom is -0.483 e. The molecule has 2 aromatic carbocycles. The van der Waals surface area contributed by atoms with Crippen molar-refractivity contribution < 1.29 is 9.53 Å². The Balaban J connectivity index is 1.97. The molecule has 5 heteroatoms. The van der Waals surface area contributed by atoms with Gasteiger partial charge in [-0.3, -0.25) is 4.79 Å². The van der Waals surface area contributed by atoms with Gasteiger partial charge in [0.25, 0.3) is 5.91 Å². The van der Waals surface area contributed by atoms with Gasteiger partial charge in [-0.15, -0.1) is 0 Å². The van der Waals surface area contributed by atoms with Crippen LogP contribution in [0, 0.1) is 13.8 Å². The molecule has 0 radical (unpaired) electrons. The number of ether oxygens (including phenoxy) is 1. The first-order valence-corrected chi connectivity index (χ1v) is 6.89. The molecule has 0 atom stereocenters. The maximum Gasteiger partial charge on any atom is 0.262 e. The van der Waals surface area contributed by atoms with Crippen LogP contribution in [0.25, 0.3) is 0 Å². The SMILES string of the molecule is Cc1cccc(OCC(=O)Nc2ccc(Cl)cc2N)c1C. The highest BCUT2D eigenvalue weighted by molar-refractivity contribution is 6.31. The molecule has 110 valence electrons. The number of aryl methyl sites for hydroxylation is 1. The Hall–Kier alpha value is -2.20. The second kappa shape index (κ2) is 6.50. The van der Waals surface area contributed by atoms with Gasteiger partial charge in [0.2, 0.25) is 0 Å². The lowest BCUT2D eigenvalue weighted by Gasteiger charge is -2.12. The van der Waals surface area contributed by atoms with Crippen LogP contribution < -0.4 is 15.8 Å². The summed E-state index contributed by atoms with van der Waals surface area (Å²) in [5.74, 6) is 0.430. The Labute approximate surface area is 128 Å². The molecule has 0 aliphatic carbocycles. The third kappa shape index (κ3) is 3.89. The predicted octanol–water partition coefficient (Wildman–Crippen LogP) is 3.56. The van der Waals surface area contributed by atoms with Crippen molar-refractivity contribution in [2.45, 2.75) is 13.8 Å². The second-order valence-electron chi connectivity index (χ2n) is 4.77. The summed E-state index contributed by atoms with van der Waals surface area (Å²) in [5.41, 5.74) is 8.87. The van der Waals surface area contributed by atoms with E-state index in [1.807, 2.05) is 32.0 Å². The van der Waals surface area contributed by atoms with Crippen LogP contribution in [0.3, 0.4) is 0 Å². The first kappa shape index (κ1) is 15.2. The van der Waals surface area contributed by atoms with E-state index in [2.05, 4.69) is 5.32 Å². The minimum atomic E-state index is -0.273. The van der Waals surface area contributed by atoms with Crippen molar-refractivity contribution in [2.24, 2.45) is 0 Å². The number of nitrogens with one attached hydrogen (secondary N) is 1. The van der Waals surface area contributed by atoms with E-state index in [1.165, 1.54) is 0 Å². The van der Waals surface area contributed by atoms with Gasteiger partial charge in [-0.2, -0.15) is 0 Å². The van der Waals surface area contributed by atoms with Crippen molar-refractivity contribution in [3.63, 3.8) is 0 Å². The highest BCUT2D eigenvalue weighted by atomic mass is 35.5. The number of benzene rings is 2. The number of nitrogen functional groups attached to an aromatic ring is 1. The normalized spacial score (nSPS) is 10.2. The van der Waals surface area contributed by atoms with Gasteiger partial charge in [-0.05, 0) is 49.2 Å². The van der Waals surface area contributed by atoms with Crippen LogP contribution >= 0.6 is 11.6 Å². The highest BCUT2D eigenvalue weighted by Crippen LogP contribution is 2.23. The van der Waals surface area contributed by atoms with Crippen LogP contribution in [0.15, 0.2) is 36.4 Å². The van der Waals surface area contributed by atoms with Gasteiger partial charge in [0.05, 0.1) is 11.4 Å². The Morgan fingerprint density at radius 3 is 2.76 bits per heavy atom. The zero-order chi connectivity index (χ0) is 15.4. The fourth-order valence-corrected chi connectivity index (χ4v) is 2.04. The van der Waals surface area contributed by atoms with Crippen molar-refractivity contribution in [1.29, 1.82) is 0 Å². The zero-order valence-corrected chi connectivity index (χ0v) is 12.7. The topological polar surface area (TPSA) is 64.3 Å². The van der Waals surface area contributed by atoms with Crippen LogP contribution in [0.5, 0.6) is 5.75 Å². The van der Waals surface area contributed by atoms with E-state index in [0.717, 1.165) is 11.1 Å². The number of anilines is 2. The molecule has 3 N–H and O–H groups in total. The summed E-state index contributed by atoms with van der Waals surface area (Å²) in [5, 5.41) is 3.22. The fraction of sp³-hybridized carbons (Fsp3) is 0.188. The van der Waals surface area contributed by atoms with Gasteiger partial charge in [0.15, 0.2) is 6.61 Å². The lowest BCUT2D eigenvalue weighted by molar-refractivity contribution is -0.118. The maximum atomic E-state index is 11.9. The Bertz CT molecular complexity index is 671. The lowest BCUT2D eigenvalue weighted by Crippen LogP contribution is -2.21. The third-order valence-corrected chi connectivity index (χ3v) is 3.44. The molecule has 0 saturated heterocycles. The average molecular weight is 305 g/mol. The summed E-state index contributed by atoms with van der Waals surface area (Å²) in [7, 11) is 0. The quantitative estimate of drug-likeness (QED) is 0.849. The lowest BCUT2D eigenvalue weighted by atomic mass is 10.1. The fourth-order valence-electron chi connectivity index (χ4n) is 1.86. The number of carbonyl (C=O) groups excluding carboxylic acids is 1. The maximum absolute atomic E-state index is 11.9. The van der Waals surface area contributed by atoms with Gasteiger partial charge < -0.3 is 15.8 Å². The van der Waals surface area contributed by atoms with Crippen molar-refractivity contribution in [3.8, 4) is 5.75 Å². The van der Waals surface area contributed by atoms with Crippen LogP contribution in [0.2, 0.25) is 5.02 Å². The molecule has 21 heavy (non-hydrogen) atoms. The Morgan fingerprint density at radius 1 is 1.29 bits per heavy atom. The molecular weight excluding hydrogens is 288 g/mol. The van der Waals surface area contributed by atoms with Crippen molar-refractivity contribution >= 4 is 28.9 Å². The van der Waals surface area contributed by atoms with Gasteiger partial charge in [-0.1, -0.05) is 23.7 Å². The van der Waals surface area contributed by atoms with E-state index < -0.39 is 0 Å². The average Bonchev–Trinajstić information content (AvgIpc) is 2.43. The van der Waals surface area contributed by atoms with Crippen molar-refractivity contribution in [2.75, 3.05) is 17.7 Å². The largest absolute Gasteiger partial charge is 0.483 e. The number of hydrogen-bond acceptors (Lipinski definition) is 3. The molecule has 0 aliphatic heterocycles. The zero-order valence-electron chi connectivity index (χ0n) is 11.9. The molecule has 2 aromatic rings. The molecular formula is C16H17ClN2O2. The van der Waals surface area contributed by atoms with Crippen molar-refractivity contribution in [1.82, 2.24) is 0 Å². The van der Waals surface area contributed by atoms with E-state index in [-0.39, 0.29) is 12.5 Å². The van der Waals surface area contributed by atoms with Gasteiger partial charge >= 0.3 is 0 Å². The van der Waals surface area contributed by atoms with Gasteiger partial charge in [0, 0.05) is 5.02 Å². The minimum absolute atomic E-state index is 0.0770. The van der Waals surface area contributed by atoms with Crippen molar-refractivity contribution in [3.05, 3.63) is 52.5 Å². The summed E-state index contributed by atoms with van der Waals surface area (Å²) in [6.45, 7) is 3.88. The number of rotatable bonds is 4. The van der Waals surface area contributed by atoms with Gasteiger partial charge in [-0.25, -0.2) is 0 Å². The molecule has 0 bridgehead atoms. The van der Waals surface area contributed by atoms with Gasteiger partial charge in [0.1, 0.15) is 5.75 Å². The van der Waals surface area contributed by atoms with E-state index in [1.54, 1.807) is 18.2 Å². The first-order valence-electron chi connectivity index (χ1n) is 6.51. The predicted molar refractivity (Wildman–Crippen MR) is 85.9 cm³/mol. The number of hydrogen-bond donors (Lipinski definition) is 2. The second-order valence-corrected chi connectivity index (χ2v) is 5.20. The molecule has 4 nitrogen and oxygen atoms in total. The van der Waals surface area contributed by atoms with E-state index in [0.29, 0.717) is 22.1 Å². The number of carbonyl (C=O) groups is 1. The number of amides is 1. The number of halogens is 1. The Kier molecular flexibility index (Phi) is 4.70. The third-order valence-electron chi connectivity index (χ3n) is 3.20. The van der Waals surface area contributed by atoms with E-state index in [9.17, 15) is 4.79 Å². The summed E-state index contributed by atoms with van der Waals surface area (Å²) in [4.78, 5) is 11.9. The van der Waals surface area contributed by atoms with E-state index >= 15 is 0 Å². The van der Waals surface area contributed by atoms with Crippen LogP contribution in [0.4, 0.5) is 11.4 Å². The monoisotopic (exact) mass is 304 g/mol. The van der Waals surface area contributed by atoms with E-state index in [4.69, 9.17) is 22.1 Å². The molecule has 0 saturated carbocycles. The molecule has 0 unspecified atom stereocenters. The molecule has 0 fully saturated rings. The molecule has 0 aliphatic rings. The molecule has 2 rings (SSSR count). The smallest absolute Gasteiger partial charge is 0.262 e. The summed E-state index contributed by atoms with van der Waals surface area (Å²) < 4.78 is 5.54. The molecule has 0 heterocycles. The molecule has 1 amide bonds. The highest BCUT2D eigenvalue weighted by Gasteiger charge is 2.08. The van der Waals surface area contributed by atoms with Crippen LogP contribution in [-0.2, 0) is 4.79 Å². The first-order chi connectivity index (χ1) is 9.97. The Morgan fingerprint density at radius 2 is 2.05 bits per heavy atom. The molecule has 0 aromatic heterocycles. The summed E-state index contributed by atoms with van der Waals surface area (Å²) in [6.07, 6.45) is 0.